The fourth-order valence-corrected chi connectivity index (χ4v) is 6.60. The molecule has 3 fully saturated rings. The van der Waals surface area contributed by atoms with Crippen LogP contribution >= 0.6 is 11.6 Å². The van der Waals surface area contributed by atoms with E-state index in [1.54, 1.807) is 6.07 Å². The number of rotatable bonds is 3. The maximum Gasteiger partial charge on any atom is 0.255 e. The van der Waals surface area contributed by atoms with Crippen LogP contribution in [-0.2, 0) is 10.0 Å². The van der Waals surface area contributed by atoms with Crippen LogP contribution in [-0.4, -0.2) is 49.7 Å². The standard InChI is InChI=1S/C20H27ClN2O3S/c21-19-8-7-17(27(25,26)23-10-3-4-11-23)13-18(19)20(24)22-12-9-15-5-1-2-6-16(15)14-22/h7-8,13,15-16H,1-6,9-12,14H2/t15-,16+/m1/s1. The smallest absolute Gasteiger partial charge is 0.255 e. The van der Waals surface area contributed by atoms with Crippen LogP contribution < -0.4 is 0 Å². The summed E-state index contributed by atoms with van der Waals surface area (Å²) in [5.74, 6) is 1.18. The van der Waals surface area contributed by atoms with E-state index in [2.05, 4.69) is 0 Å². The van der Waals surface area contributed by atoms with Crippen LogP contribution in [0.3, 0.4) is 0 Å². The Bertz CT molecular complexity index is 821. The maximum absolute atomic E-state index is 13.1. The molecule has 0 N–H and O–H groups in total. The molecule has 1 aromatic rings. The first-order valence-corrected chi connectivity index (χ1v) is 11.9. The molecule has 4 rings (SSSR count). The molecule has 1 saturated carbocycles. The van der Waals surface area contributed by atoms with E-state index < -0.39 is 10.0 Å². The van der Waals surface area contributed by atoms with Crippen molar-refractivity contribution in [2.75, 3.05) is 26.2 Å². The number of carbonyl (C=O) groups is 1. The van der Waals surface area contributed by atoms with E-state index in [4.69, 9.17) is 11.6 Å². The van der Waals surface area contributed by atoms with Crippen molar-refractivity contribution in [3.63, 3.8) is 0 Å². The van der Waals surface area contributed by atoms with Gasteiger partial charge in [0.25, 0.3) is 5.91 Å². The third-order valence-electron chi connectivity index (χ3n) is 6.45. The predicted molar refractivity (Wildman–Crippen MR) is 105 cm³/mol. The number of sulfonamides is 1. The first-order chi connectivity index (χ1) is 13.0. The second-order valence-electron chi connectivity index (χ2n) is 8.10. The summed E-state index contributed by atoms with van der Waals surface area (Å²) in [5, 5.41) is 0.325. The number of amides is 1. The van der Waals surface area contributed by atoms with Gasteiger partial charge in [0.15, 0.2) is 0 Å². The highest BCUT2D eigenvalue weighted by Crippen LogP contribution is 2.37. The molecule has 5 nitrogen and oxygen atoms in total. The summed E-state index contributed by atoms with van der Waals surface area (Å²) in [6, 6.07) is 4.54. The first kappa shape index (κ1) is 19.2. The fraction of sp³-hybridized carbons (Fsp3) is 0.650. The summed E-state index contributed by atoms with van der Waals surface area (Å²) in [7, 11) is -3.56. The molecule has 27 heavy (non-hydrogen) atoms. The Labute approximate surface area is 166 Å². The Morgan fingerprint density at radius 3 is 2.41 bits per heavy atom. The van der Waals surface area contributed by atoms with E-state index in [0.29, 0.717) is 29.6 Å². The van der Waals surface area contributed by atoms with Crippen molar-refractivity contribution in [2.24, 2.45) is 11.8 Å². The van der Waals surface area contributed by atoms with Crippen LogP contribution in [0.25, 0.3) is 0 Å². The van der Waals surface area contributed by atoms with Crippen LogP contribution in [0.1, 0.15) is 55.3 Å². The summed E-state index contributed by atoms with van der Waals surface area (Å²) >= 11 is 6.30. The summed E-state index contributed by atoms with van der Waals surface area (Å²) in [6.07, 6.45) is 7.82. The minimum Gasteiger partial charge on any atom is -0.338 e. The quantitative estimate of drug-likeness (QED) is 0.761. The molecule has 2 atom stereocenters. The first-order valence-electron chi connectivity index (χ1n) is 10.1. The zero-order valence-corrected chi connectivity index (χ0v) is 17.1. The molecule has 148 valence electrons. The minimum atomic E-state index is -3.56. The molecule has 0 radical (unpaired) electrons. The largest absolute Gasteiger partial charge is 0.338 e. The Balaban J connectivity index is 1.57. The predicted octanol–water partition coefficient (Wildman–Crippen LogP) is 3.78. The highest BCUT2D eigenvalue weighted by atomic mass is 35.5. The molecule has 1 aromatic carbocycles. The molecule has 2 heterocycles. The third kappa shape index (κ3) is 3.76. The lowest BCUT2D eigenvalue weighted by molar-refractivity contribution is 0.0521. The van der Waals surface area contributed by atoms with E-state index in [1.165, 1.54) is 42.1 Å². The van der Waals surface area contributed by atoms with Gasteiger partial charge in [0, 0.05) is 26.2 Å². The van der Waals surface area contributed by atoms with Gasteiger partial charge >= 0.3 is 0 Å². The van der Waals surface area contributed by atoms with Crippen molar-refractivity contribution in [1.29, 1.82) is 0 Å². The van der Waals surface area contributed by atoms with Gasteiger partial charge in [-0.15, -0.1) is 0 Å². The Morgan fingerprint density at radius 2 is 1.67 bits per heavy atom. The highest BCUT2D eigenvalue weighted by molar-refractivity contribution is 7.89. The molecular weight excluding hydrogens is 384 g/mol. The topological polar surface area (TPSA) is 57.7 Å². The van der Waals surface area contributed by atoms with Crippen LogP contribution in [0.2, 0.25) is 5.02 Å². The number of fused-ring (bicyclic) bond motifs is 1. The van der Waals surface area contributed by atoms with Gasteiger partial charge in [0.1, 0.15) is 0 Å². The normalized spacial score (nSPS) is 26.8. The molecular formula is C20H27ClN2O3S. The van der Waals surface area contributed by atoms with Crippen molar-refractivity contribution in [1.82, 2.24) is 9.21 Å². The number of halogens is 1. The monoisotopic (exact) mass is 410 g/mol. The van der Waals surface area contributed by atoms with Crippen molar-refractivity contribution < 1.29 is 13.2 Å². The van der Waals surface area contributed by atoms with Crippen molar-refractivity contribution in [3.8, 4) is 0 Å². The van der Waals surface area contributed by atoms with E-state index in [9.17, 15) is 13.2 Å². The van der Waals surface area contributed by atoms with Gasteiger partial charge in [-0.25, -0.2) is 8.42 Å². The Morgan fingerprint density at radius 1 is 0.963 bits per heavy atom. The van der Waals surface area contributed by atoms with Crippen LogP contribution in [0.5, 0.6) is 0 Å². The summed E-state index contributed by atoms with van der Waals surface area (Å²) < 4.78 is 27.2. The van der Waals surface area contributed by atoms with Gasteiger partial charge < -0.3 is 4.90 Å². The maximum atomic E-state index is 13.1. The Kier molecular flexibility index (Phi) is 5.50. The van der Waals surface area contributed by atoms with Gasteiger partial charge in [-0.3, -0.25) is 4.79 Å². The number of likely N-dealkylation sites (tertiary alicyclic amines) is 1. The molecule has 7 heteroatoms. The fourth-order valence-electron chi connectivity index (χ4n) is 4.86. The zero-order chi connectivity index (χ0) is 19.0. The number of carbonyl (C=O) groups excluding carboxylic acids is 1. The Hall–Kier alpha value is -1.11. The molecule has 2 saturated heterocycles. The highest BCUT2D eigenvalue weighted by Gasteiger charge is 2.34. The second-order valence-corrected chi connectivity index (χ2v) is 10.4. The second kappa shape index (κ2) is 7.72. The lowest BCUT2D eigenvalue weighted by Gasteiger charge is -2.41. The molecule has 0 aromatic heterocycles. The van der Waals surface area contributed by atoms with E-state index in [0.717, 1.165) is 38.3 Å². The number of hydrogen-bond donors (Lipinski definition) is 0. The van der Waals surface area contributed by atoms with Gasteiger partial charge in [0.05, 0.1) is 15.5 Å². The van der Waals surface area contributed by atoms with Crippen LogP contribution in [0, 0.1) is 11.8 Å². The van der Waals surface area contributed by atoms with Crippen LogP contribution in [0.15, 0.2) is 23.1 Å². The average molecular weight is 411 g/mol. The molecule has 0 unspecified atom stereocenters. The number of nitrogens with zero attached hydrogens (tertiary/aromatic N) is 2. The molecule has 1 aliphatic carbocycles. The molecule has 2 aliphatic heterocycles. The van der Waals surface area contributed by atoms with Crippen LogP contribution in [0.4, 0.5) is 0 Å². The number of benzene rings is 1. The van der Waals surface area contributed by atoms with E-state index >= 15 is 0 Å². The molecule has 0 bridgehead atoms. The lowest BCUT2D eigenvalue weighted by Crippen LogP contribution is -2.44. The summed E-state index contributed by atoms with van der Waals surface area (Å²) in [5.41, 5.74) is 0.311. The molecule has 1 amide bonds. The summed E-state index contributed by atoms with van der Waals surface area (Å²) in [6.45, 7) is 2.59. The van der Waals surface area contributed by atoms with E-state index in [-0.39, 0.29) is 10.8 Å². The average Bonchev–Trinajstić information content (AvgIpc) is 3.23. The van der Waals surface area contributed by atoms with E-state index in [1.807, 2.05) is 4.90 Å². The van der Waals surface area contributed by atoms with Gasteiger partial charge in [-0.1, -0.05) is 30.9 Å². The van der Waals surface area contributed by atoms with Crippen molar-refractivity contribution in [3.05, 3.63) is 28.8 Å². The third-order valence-corrected chi connectivity index (χ3v) is 8.67. The summed E-state index contributed by atoms with van der Waals surface area (Å²) in [4.78, 5) is 15.2. The zero-order valence-electron chi connectivity index (χ0n) is 15.6. The molecule has 3 aliphatic rings. The van der Waals surface area contributed by atoms with Crippen molar-refractivity contribution >= 4 is 27.5 Å². The SMILES string of the molecule is O=C(c1cc(S(=O)(=O)N2CCCC2)ccc1Cl)N1CC[C@H]2CCCC[C@H]2C1. The molecule has 0 spiro atoms. The van der Waals surface area contributed by atoms with Gasteiger partial charge in [-0.2, -0.15) is 4.31 Å². The number of hydrogen-bond acceptors (Lipinski definition) is 3. The number of piperidine rings is 1. The van der Waals surface area contributed by atoms with Crippen molar-refractivity contribution in [2.45, 2.75) is 49.8 Å². The lowest BCUT2D eigenvalue weighted by atomic mass is 9.75. The van der Waals surface area contributed by atoms with Gasteiger partial charge in [-0.05, 0) is 55.7 Å². The van der Waals surface area contributed by atoms with Gasteiger partial charge in [0.2, 0.25) is 10.0 Å². The minimum absolute atomic E-state index is 0.137.